The van der Waals surface area contributed by atoms with Crippen molar-refractivity contribution in [3.05, 3.63) is 70.3 Å². The topological polar surface area (TPSA) is 55.1 Å². The van der Waals surface area contributed by atoms with Crippen LogP contribution in [0.2, 0.25) is 0 Å². The summed E-state index contributed by atoms with van der Waals surface area (Å²) in [7, 11) is 0. The highest BCUT2D eigenvalue weighted by Gasteiger charge is 2.13. The molecule has 2 aromatic rings. The Balaban J connectivity index is 2.12. The van der Waals surface area contributed by atoms with Crippen LogP contribution in [0.5, 0.6) is 0 Å². The summed E-state index contributed by atoms with van der Waals surface area (Å²) in [6, 6.07) is 13.9. The van der Waals surface area contributed by atoms with Gasteiger partial charge < -0.3 is 11.1 Å². The Hall–Kier alpha value is -2.13. The van der Waals surface area contributed by atoms with E-state index in [1.54, 1.807) is 0 Å². The fourth-order valence-corrected chi connectivity index (χ4v) is 2.28. The van der Waals surface area contributed by atoms with Crippen molar-refractivity contribution in [2.45, 2.75) is 33.4 Å². The average Bonchev–Trinajstić information content (AvgIpc) is 2.49. The summed E-state index contributed by atoms with van der Waals surface area (Å²) in [6.45, 7) is 6.46. The number of rotatable bonds is 4. The highest BCUT2D eigenvalue weighted by Crippen LogP contribution is 2.16. The molecule has 0 aromatic heterocycles. The number of nitrogens with one attached hydrogen (secondary N) is 1. The summed E-state index contributed by atoms with van der Waals surface area (Å²) in [4.78, 5) is 12.4. The van der Waals surface area contributed by atoms with E-state index in [1.165, 1.54) is 0 Å². The Morgan fingerprint density at radius 1 is 1.14 bits per heavy atom. The minimum absolute atomic E-state index is 0.0356. The second-order valence-corrected chi connectivity index (χ2v) is 5.46. The molecule has 0 aliphatic rings. The molecular weight excluding hydrogens is 260 g/mol. The summed E-state index contributed by atoms with van der Waals surface area (Å²) in [6.07, 6.45) is 0. The monoisotopic (exact) mass is 282 g/mol. The van der Waals surface area contributed by atoms with Crippen molar-refractivity contribution in [2.24, 2.45) is 5.73 Å². The molecule has 2 aromatic carbocycles. The Kier molecular flexibility index (Phi) is 4.76. The molecule has 21 heavy (non-hydrogen) atoms. The van der Waals surface area contributed by atoms with E-state index >= 15 is 0 Å². The number of carbonyl (C=O) groups is 1. The molecule has 0 heterocycles. The number of benzene rings is 2. The second-order valence-electron chi connectivity index (χ2n) is 5.46. The van der Waals surface area contributed by atoms with Gasteiger partial charge in [-0.3, -0.25) is 4.79 Å². The highest BCUT2D eigenvalue weighted by atomic mass is 16.1. The van der Waals surface area contributed by atoms with Crippen molar-refractivity contribution in [1.29, 1.82) is 0 Å². The van der Waals surface area contributed by atoms with E-state index in [9.17, 15) is 4.79 Å². The first-order chi connectivity index (χ1) is 10.0. The van der Waals surface area contributed by atoms with Crippen LogP contribution in [0, 0.1) is 13.8 Å². The van der Waals surface area contributed by atoms with E-state index in [0.717, 1.165) is 27.8 Å². The quantitative estimate of drug-likeness (QED) is 0.904. The number of hydrogen-bond acceptors (Lipinski definition) is 2. The molecule has 0 saturated heterocycles. The number of aryl methyl sites for hydroxylation is 2. The van der Waals surface area contributed by atoms with E-state index in [1.807, 2.05) is 63.2 Å². The summed E-state index contributed by atoms with van der Waals surface area (Å²) in [5.41, 5.74) is 10.6. The Morgan fingerprint density at radius 2 is 1.81 bits per heavy atom. The molecule has 0 bridgehead atoms. The van der Waals surface area contributed by atoms with Gasteiger partial charge in [-0.2, -0.15) is 0 Å². The van der Waals surface area contributed by atoms with E-state index < -0.39 is 0 Å². The van der Waals surface area contributed by atoms with Crippen molar-refractivity contribution >= 4 is 5.91 Å². The molecule has 1 atom stereocenters. The Labute approximate surface area is 126 Å². The smallest absolute Gasteiger partial charge is 0.252 e. The molecule has 2 rings (SSSR count). The zero-order valence-corrected chi connectivity index (χ0v) is 12.8. The fourth-order valence-electron chi connectivity index (χ4n) is 2.28. The molecule has 110 valence electrons. The molecule has 3 heteroatoms. The maximum atomic E-state index is 12.4. The molecule has 1 amide bonds. The van der Waals surface area contributed by atoms with E-state index in [0.29, 0.717) is 6.54 Å². The lowest BCUT2D eigenvalue weighted by molar-refractivity contribution is 0.0939. The first-order valence-corrected chi connectivity index (χ1v) is 7.18. The Morgan fingerprint density at radius 3 is 2.43 bits per heavy atom. The summed E-state index contributed by atoms with van der Waals surface area (Å²) in [5.74, 6) is -0.0356. The van der Waals surface area contributed by atoms with Crippen LogP contribution in [-0.2, 0) is 6.54 Å². The van der Waals surface area contributed by atoms with Gasteiger partial charge in [-0.25, -0.2) is 0 Å². The molecule has 0 saturated carbocycles. The standard InChI is InChI=1S/C18H22N2O/c1-12-4-5-13(2)17(10-12)18(21)20-14(3)16-8-6-15(11-19)7-9-16/h4-10,14H,11,19H2,1-3H3,(H,20,21). The van der Waals surface area contributed by atoms with Gasteiger partial charge in [0.25, 0.3) is 5.91 Å². The van der Waals surface area contributed by atoms with Gasteiger partial charge in [-0.05, 0) is 43.5 Å². The lowest BCUT2D eigenvalue weighted by Crippen LogP contribution is -2.27. The zero-order valence-electron chi connectivity index (χ0n) is 12.8. The first-order valence-electron chi connectivity index (χ1n) is 7.18. The van der Waals surface area contributed by atoms with Crippen LogP contribution in [-0.4, -0.2) is 5.91 Å². The molecule has 0 aliphatic heterocycles. The number of carbonyl (C=O) groups excluding carboxylic acids is 1. The van der Waals surface area contributed by atoms with Gasteiger partial charge in [0, 0.05) is 12.1 Å². The van der Waals surface area contributed by atoms with Gasteiger partial charge in [-0.1, -0.05) is 42.0 Å². The molecule has 1 unspecified atom stereocenters. The highest BCUT2D eigenvalue weighted by molar-refractivity contribution is 5.96. The van der Waals surface area contributed by atoms with Gasteiger partial charge in [0.05, 0.1) is 6.04 Å². The molecular formula is C18H22N2O. The lowest BCUT2D eigenvalue weighted by Gasteiger charge is -2.16. The van der Waals surface area contributed by atoms with Gasteiger partial charge in [-0.15, -0.1) is 0 Å². The van der Waals surface area contributed by atoms with Crippen LogP contribution >= 0.6 is 0 Å². The number of amides is 1. The maximum absolute atomic E-state index is 12.4. The van der Waals surface area contributed by atoms with E-state index in [4.69, 9.17) is 5.73 Å². The van der Waals surface area contributed by atoms with Gasteiger partial charge in [0.15, 0.2) is 0 Å². The third kappa shape index (κ3) is 3.70. The fraction of sp³-hybridized carbons (Fsp3) is 0.278. The lowest BCUT2D eigenvalue weighted by atomic mass is 10.0. The predicted octanol–water partition coefficient (Wildman–Crippen LogP) is 3.25. The molecule has 0 fully saturated rings. The third-order valence-corrected chi connectivity index (χ3v) is 3.70. The largest absolute Gasteiger partial charge is 0.346 e. The van der Waals surface area contributed by atoms with Crippen LogP contribution in [0.15, 0.2) is 42.5 Å². The third-order valence-electron chi connectivity index (χ3n) is 3.70. The van der Waals surface area contributed by atoms with Gasteiger partial charge >= 0.3 is 0 Å². The van der Waals surface area contributed by atoms with Crippen LogP contribution < -0.4 is 11.1 Å². The molecule has 0 radical (unpaired) electrons. The predicted molar refractivity (Wildman–Crippen MR) is 86.1 cm³/mol. The van der Waals surface area contributed by atoms with Crippen LogP contribution in [0.25, 0.3) is 0 Å². The second kappa shape index (κ2) is 6.55. The average molecular weight is 282 g/mol. The minimum Gasteiger partial charge on any atom is -0.346 e. The minimum atomic E-state index is -0.0377. The molecule has 0 aliphatic carbocycles. The zero-order chi connectivity index (χ0) is 15.4. The summed E-state index contributed by atoms with van der Waals surface area (Å²) >= 11 is 0. The number of hydrogen-bond donors (Lipinski definition) is 2. The van der Waals surface area contributed by atoms with E-state index in [2.05, 4.69) is 5.32 Å². The van der Waals surface area contributed by atoms with Crippen LogP contribution in [0.3, 0.4) is 0 Å². The molecule has 3 nitrogen and oxygen atoms in total. The SMILES string of the molecule is Cc1ccc(C)c(C(=O)NC(C)c2ccc(CN)cc2)c1. The van der Waals surface area contributed by atoms with Crippen molar-refractivity contribution in [2.75, 3.05) is 0 Å². The van der Waals surface area contributed by atoms with Crippen molar-refractivity contribution in [3.8, 4) is 0 Å². The Bertz CT molecular complexity index is 632. The van der Waals surface area contributed by atoms with Crippen LogP contribution in [0.4, 0.5) is 0 Å². The van der Waals surface area contributed by atoms with Crippen molar-refractivity contribution in [1.82, 2.24) is 5.32 Å². The maximum Gasteiger partial charge on any atom is 0.252 e. The number of nitrogens with two attached hydrogens (primary N) is 1. The molecule has 3 N–H and O–H groups in total. The van der Waals surface area contributed by atoms with Crippen molar-refractivity contribution < 1.29 is 4.79 Å². The first kappa shape index (κ1) is 15.3. The van der Waals surface area contributed by atoms with E-state index in [-0.39, 0.29) is 11.9 Å². The van der Waals surface area contributed by atoms with Crippen LogP contribution in [0.1, 0.15) is 45.6 Å². The van der Waals surface area contributed by atoms with Gasteiger partial charge in [0.1, 0.15) is 0 Å². The normalized spacial score (nSPS) is 12.0. The van der Waals surface area contributed by atoms with Gasteiger partial charge in [0.2, 0.25) is 0 Å². The van der Waals surface area contributed by atoms with Crippen molar-refractivity contribution in [3.63, 3.8) is 0 Å². The summed E-state index contributed by atoms with van der Waals surface area (Å²) in [5, 5.41) is 3.05. The summed E-state index contributed by atoms with van der Waals surface area (Å²) < 4.78 is 0. The molecule has 0 spiro atoms.